The molecule has 0 bridgehead atoms. The summed E-state index contributed by atoms with van der Waals surface area (Å²) in [6.07, 6.45) is 0.106. The highest BCUT2D eigenvalue weighted by Crippen LogP contribution is 2.28. The summed E-state index contributed by atoms with van der Waals surface area (Å²) in [5.41, 5.74) is 2.89. The third kappa shape index (κ3) is 5.62. The quantitative estimate of drug-likeness (QED) is 0.649. The second-order valence-electron chi connectivity index (χ2n) is 7.52. The first-order valence-electron chi connectivity index (χ1n) is 9.12. The molecule has 0 saturated carbocycles. The average Bonchev–Trinajstić information content (AvgIpc) is 3.06. The minimum atomic E-state index is -0.582. The highest BCUT2D eigenvalue weighted by Gasteiger charge is 2.17. The van der Waals surface area contributed by atoms with Gasteiger partial charge in [0.1, 0.15) is 17.2 Å². The van der Waals surface area contributed by atoms with Gasteiger partial charge in [-0.15, -0.1) is 11.3 Å². The average molecular weight is 407 g/mol. The van der Waals surface area contributed by atoms with E-state index in [9.17, 15) is 9.59 Å². The van der Waals surface area contributed by atoms with Crippen molar-refractivity contribution in [2.75, 3.05) is 6.54 Å². The Labute approximate surface area is 173 Å². The summed E-state index contributed by atoms with van der Waals surface area (Å²) in [7, 11) is 0. The lowest BCUT2D eigenvalue weighted by Crippen LogP contribution is -2.35. The van der Waals surface area contributed by atoms with Crippen LogP contribution in [0.25, 0.3) is 21.3 Å². The molecule has 1 heterocycles. The zero-order chi connectivity index (χ0) is 21.0. The Kier molecular flexibility index (Phi) is 5.95. The first kappa shape index (κ1) is 20.5. The number of carbonyl (C=O) groups excluding carboxylic acids is 2. The number of carbonyl (C=O) groups is 2. The summed E-state index contributed by atoms with van der Waals surface area (Å²) in [5.74, 6) is -0.746. The Balaban J connectivity index is 1.66. The number of nitrogens with one attached hydrogen (secondary N) is 1. The summed E-state index contributed by atoms with van der Waals surface area (Å²) in [6, 6.07) is 15.4. The summed E-state index contributed by atoms with van der Waals surface area (Å²) in [4.78, 5) is 28.3. The summed E-state index contributed by atoms with van der Waals surface area (Å²) in [6.45, 7) is 5.17. The first-order valence-corrected chi connectivity index (χ1v) is 9.94. The lowest BCUT2D eigenvalue weighted by atomic mass is 10.0. The van der Waals surface area contributed by atoms with Crippen molar-refractivity contribution in [1.29, 1.82) is 5.26 Å². The van der Waals surface area contributed by atoms with Gasteiger partial charge in [-0.05, 0) is 56.2 Å². The molecule has 0 saturated heterocycles. The van der Waals surface area contributed by atoms with E-state index in [1.54, 1.807) is 32.9 Å². The molecule has 7 heteroatoms. The van der Waals surface area contributed by atoms with Crippen molar-refractivity contribution in [2.45, 2.75) is 32.8 Å². The lowest BCUT2D eigenvalue weighted by Gasteiger charge is -2.19. The molecule has 0 aliphatic rings. The second kappa shape index (κ2) is 8.41. The predicted molar refractivity (Wildman–Crippen MR) is 112 cm³/mol. The van der Waals surface area contributed by atoms with Gasteiger partial charge in [0.25, 0.3) is 0 Å². The van der Waals surface area contributed by atoms with Crippen molar-refractivity contribution in [3.05, 3.63) is 53.0 Å². The Morgan fingerprint density at radius 3 is 2.48 bits per heavy atom. The number of thiazole rings is 1. The van der Waals surface area contributed by atoms with Crippen LogP contribution in [0.15, 0.2) is 42.5 Å². The van der Waals surface area contributed by atoms with Gasteiger partial charge >= 0.3 is 5.97 Å². The van der Waals surface area contributed by atoms with Crippen LogP contribution in [0.5, 0.6) is 0 Å². The van der Waals surface area contributed by atoms with Crippen LogP contribution in [0.1, 0.15) is 31.3 Å². The topological polar surface area (TPSA) is 92.1 Å². The van der Waals surface area contributed by atoms with Crippen LogP contribution < -0.4 is 5.32 Å². The summed E-state index contributed by atoms with van der Waals surface area (Å²) in [5, 5.41) is 12.2. The molecule has 148 valence electrons. The SMILES string of the molecule is CC(C)(C)OC(=O)CNC(=O)Cc1nc2ccc(-c3ccc(C#N)cc3)cc2s1. The van der Waals surface area contributed by atoms with Gasteiger partial charge in [0.05, 0.1) is 28.3 Å². The van der Waals surface area contributed by atoms with Crippen LogP contribution in [0.4, 0.5) is 0 Å². The molecular formula is C22H21N3O3S. The normalized spacial score (nSPS) is 11.1. The van der Waals surface area contributed by atoms with Gasteiger partial charge < -0.3 is 10.1 Å². The molecule has 3 rings (SSSR count). The van der Waals surface area contributed by atoms with Gasteiger partial charge in [0.2, 0.25) is 5.91 Å². The smallest absolute Gasteiger partial charge is 0.325 e. The van der Waals surface area contributed by atoms with E-state index >= 15 is 0 Å². The molecular weight excluding hydrogens is 386 g/mol. The molecule has 0 atom stereocenters. The van der Waals surface area contributed by atoms with Crippen LogP contribution in [0.2, 0.25) is 0 Å². The van der Waals surface area contributed by atoms with Crippen molar-refractivity contribution in [1.82, 2.24) is 10.3 Å². The zero-order valence-electron chi connectivity index (χ0n) is 16.5. The van der Waals surface area contributed by atoms with Crippen LogP contribution in [-0.2, 0) is 20.7 Å². The maximum Gasteiger partial charge on any atom is 0.325 e. The highest BCUT2D eigenvalue weighted by atomic mass is 32.1. The first-order chi connectivity index (χ1) is 13.7. The molecule has 1 amide bonds. The molecule has 1 aromatic heterocycles. The van der Waals surface area contributed by atoms with Crippen molar-refractivity contribution in [3.63, 3.8) is 0 Å². The largest absolute Gasteiger partial charge is 0.459 e. The summed E-state index contributed by atoms with van der Waals surface area (Å²) >= 11 is 1.45. The molecule has 1 N–H and O–H groups in total. The molecule has 29 heavy (non-hydrogen) atoms. The van der Waals surface area contributed by atoms with Crippen molar-refractivity contribution < 1.29 is 14.3 Å². The van der Waals surface area contributed by atoms with E-state index < -0.39 is 11.6 Å². The number of esters is 1. The molecule has 0 aliphatic heterocycles. The Morgan fingerprint density at radius 2 is 1.83 bits per heavy atom. The van der Waals surface area contributed by atoms with Gasteiger partial charge in [-0.3, -0.25) is 9.59 Å². The maximum absolute atomic E-state index is 12.1. The lowest BCUT2D eigenvalue weighted by molar-refractivity contribution is -0.154. The summed E-state index contributed by atoms with van der Waals surface area (Å²) < 4.78 is 6.15. The maximum atomic E-state index is 12.1. The van der Waals surface area contributed by atoms with Gasteiger partial charge in [-0.1, -0.05) is 18.2 Å². The number of aromatic nitrogens is 1. The van der Waals surface area contributed by atoms with E-state index in [0.717, 1.165) is 21.3 Å². The minimum absolute atomic E-state index is 0.106. The monoisotopic (exact) mass is 407 g/mol. The third-order valence-corrected chi connectivity index (χ3v) is 4.96. The van der Waals surface area contributed by atoms with Crippen LogP contribution in [0, 0.1) is 11.3 Å². The number of hydrogen-bond acceptors (Lipinski definition) is 6. The number of nitrogens with zero attached hydrogens (tertiary/aromatic N) is 2. The van der Waals surface area contributed by atoms with Crippen LogP contribution >= 0.6 is 11.3 Å². The molecule has 6 nitrogen and oxygen atoms in total. The predicted octanol–water partition coefficient (Wildman–Crippen LogP) is 3.84. The van der Waals surface area contributed by atoms with E-state index in [1.165, 1.54) is 11.3 Å². The van der Waals surface area contributed by atoms with Crippen molar-refractivity contribution in [2.24, 2.45) is 0 Å². The molecule has 0 aliphatic carbocycles. The van der Waals surface area contributed by atoms with Gasteiger partial charge in [-0.25, -0.2) is 4.98 Å². The van der Waals surface area contributed by atoms with Crippen LogP contribution in [-0.4, -0.2) is 29.0 Å². The molecule has 0 spiro atoms. The number of ether oxygens (including phenoxy) is 1. The second-order valence-corrected chi connectivity index (χ2v) is 8.63. The Hall–Kier alpha value is -3.24. The van der Waals surface area contributed by atoms with Gasteiger partial charge in [0.15, 0.2) is 0 Å². The zero-order valence-corrected chi connectivity index (χ0v) is 17.3. The van der Waals surface area contributed by atoms with Crippen molar-refractivity contribution >= 4 is 33.4 Å². The number of amides is 1. The molecule has 0 radical (unpaired) electrons. The fraction of sp³-hybridized carbons (Fsp3) is 0.273. The van der Waals surface area contributed by atoms with E-state index in [0.29, 0.717) is 10.6 Å². The fourth-order valence-corrected chi connectivity index (χ4v) is 3.72. The number of rotatable bonds is 5. The molecule has 0 unspecified atom stereocenters. The van der Waals surface area contributed by atoms with Gasteiger partial charge in [-0.2, -0.15) is 5.26 Å². The number of fused-ring (bicyclic) bond motifs is 1. The third-order valence-electron chi connectivity index (χ3n) is 3.94. The molecule has 3 aromatic rings. The van der Waals surface area contributed by atoms with E-state index in [1.807, 2.05) is 30.3 Å². The fourth-order valence-electron chi connectivity index (χ4n) is 2.71. The standard InChI is InChI=1S/C22H21N3O3S/c1-22(2,3)28-21(27)13-24-19(26)11-20-25-17-9-8-16(10-18(17)29-20)15-6-4-14(12-23)5-7-15/h4-10H,11,13H2,1-3H3,(H,24,26). The van der Waals surface area contributed by atoms with E-state index in [2.05, 4.69) is 16.4 Å². The molecule has 2 aromatic carbocycles. The number of nitriles is 1. The number of hydrogen-bond donors (Lipinski definition) is 1. The molecule has 0 fully saturated rings. The van der Waals surface area contributed by atoms with Gasteiger partial charge in [0, 0.05) is 0 Å². The minimum Gasteiger partial charge on any atom is -0.459 e. The number of benzene rings is 2. The van der Waals surface area contributed by atoms with Crippen molar-refractivity contribution in [3.8, 4) is 17.2 Å². The van der Waals surface area contributed by atoms with Crippen LogP contribution in [0.3, 0.4) is 0 Å². The van der Waals surface area contributed by atoms with E-state index in [-0.39, 0.29) is 18.9 Å². The highest BCUT2D eigenvalue weighted by molar-refractivity contribution is 7.18. The Morgan fingerprint density at radius 1 is 1.14 bits per heavy atom. The van der Waals surface area contributed by atoms with E-state index in [4.69, 9.17) is 10.00 Å². The Bertz CT molecular complexity index is 1090.